The number of para-hydroxylation sites is 1. The lowest BCUT2D eigenvalue weighted by Crippen LogP contribution is -2.17. The molecule has 0 radical (unpaired) electrons. The maximum Gasteiger partial charge on any atom is 0.223 e. The van der Waals surface area contributed by atoms with Crippen LogP contribution < -0.4 is 43.0 Å². The minimum Gasteiger partial charge on any atom is -0.399 e. The third-order valence-electron chi connectivity index (χ3n) is 19.1. The number of nitrogens with two attached hydrogens (primary N) is 1. The minimum absolute atomic E-state index is 0.604. The molecule has 0 spiro atoms. The minimum atomic E-state index is 0.604. The van der Waals surface area contributed by atoms with E-state index in [1.165, 1.54) is 22.0 Å². The summed E-state index contributed by atoms with van der Waals surface area (Å²) in [6.45, 7) is 6.65. The van der Waals surface area contributed by atoms with Crippen molar-refractivity contribution in [2.75, 3.05) is 104 Å². The van der Waals surface area contributed by atoms with Crippen molar-refractivity contribution in [2.45, 2.75) is 32.6 Å². The molecule has 0 fully saturated rings. The van der Waals surface area contributed by atoms with Crippen LogP contribution in [0.1, 0.15) is 30.4 Å². The molecule has 0 amide bonds. The Kier molecular flexibility index (Phi) is 20.8. The first-order chi connectivity index (χ1) is 54.5. The number of aromatic amines is 1. The number of hydrogen-bond donors (Lipinski definition) is 9. The number of pyridine rings is 8. The number of nitrogens with zero attached hydrogens (tertiary/aromatic N) is 18. The average Bonchev–Trinajstić information content (AvgIpc) is 1.59. The van der Waals surface area contributed by atoms with Gasteiger partial charge in [0, 0.05) is 189 Å². The largest absolute Gasteiger partial charge is 0.399 e. The normalized spacial score (nSPS) is 11.7. The fourth-order valence-corrected chi connectivity index (χ4v) is 13.6. The zero-order valence-corrected chi connectivity index (χ0v) is 61.8. The molecule has 0 unspecified atom stereocenters. The van der Waals surface area contributed by atoms with E-state index in [4.69, 9.17) is 25.7 Å². The highest BCUT2D eigenvalue weighted by Gasteiger charge is 2.27. The number of aromatic nitrogens is 17. The average molecular weight is 1470 g/mol. The zero-order valence-electron chi connectivity index (χ0n) is 61.8. The van der Waals surface area contributed by atoms with Gasteiger partial charge in [-0.2, -0.15) is 0 Å². The van der Waals surface area contributed by atoms with Crippen LogP contribution in [-0.4, -0.2) is 155 Å². The predicted octanol–water partition coefficient (Wildman–Crippen LogP) is 15.4. The molecule has 0 saturated carbocycles. The maximum absolute atomic E-state index is 5.79. The van der Waals surface area contributed by atoms with Gasteiger partial charge in [0.15, 0.2) is 5.82 Å². The Bertz CT molecular complexity index is 5850. The lowest BCUT2D eigenvalue weighted by molar-refractivity contribution is 0.396. The topological polar surface area (TPSA) is 339 Å². The second-order valence-electron chi connectivity index (χ2n) is 27.2. The van der Waals surface area contributed by atoms with E-state index >= 15 is 0 Å². The van der Waals surface area contributed by atoms with E-state index in [2.05, 4.69) is 171 Å². The van der Waals surface area contributed by atoms with E-state index in [0.717, 1.165) is 200 Å². The number of nitrogen functional groups attached to an aromatic ring is 1. The molecule has 0 bridgehead atoms. The fraction of sp³-hybridized carbons (Fsp3) is 0.167. The van der Waals surface area contributed by atoms with E-state index in [1.807, 2.05) is 122 Å². The van der Waals surface area contributed by atoms with Gasteiger partial charge in [0.05, 0.1) is 70.3 Å². The Balaban J connectivity index is 0.000000113. The summed E-state index contributed by atoms with van der Waals surface area (Å²) >= 11 is 0. The van der Waals surface area contributed by atoms with Crippen molar-refractivity contribution in [3.8, 4) is 101 Å². The second kappa shape index (κ2) is 32.5. The molecule has 550 valence electrons. The zero-order chi connectivity index (χ0) is 75.6. The van der Waals surface area contributed by atoms with Gasteiger partial charge in [-0.15, -0.1) is 0 Å². The van der Waals surface area contributed by atoms with Gasteiger partial charge in [0.2, 0.25) is 17.8 Å². The molecule has 111 heavy (non-hydrogen) atoms. The van der Waals surface area contributed by atoms with Gasteiger partial charge in [-0.1, -0.05) is 18.2 Å². The van der Waals surface area contributed by atoms with Crippen LogP contribution >= 0.6 is 0 Å². The number of hydrogen-bond acceptors (Lipinski definition) is 26. The second-order valence-corrected chi connectivity index (χ2v) is 27.2. The molecule has 4 aliphatic rings. The Labute approximate surface area is 640 Å². The number of H-pyrrole nitrogens is 1. The number of benzene rings is 2. The van der Waals surface area contributed by atoms with Crippen LogP contribution in [0.3, 0.4) is 0 Å². The molecule has 0 atom stereocenters. The monoisotopic (exact) mass is 1470 g/mol. The van der Waals surface area contributed by atoms with E-state index < -0.39 is 0 Å². The quantitative estimate of drug-likeness (QED) is 0.0320. The number of fused-ring (bicyclic) bond motifs is 21. The van der Waals surface area contributed by atoms with Gasteiger partial charge in [-0.25, -0.2) is 59.8 Å². The van der Waals surface area contributed by atoms with Gasteiger partial charge in [0.25, 0.3) is 0 Å². The van der Waals surface area contributed by atoms with Crippen molar-refractivity contribution >= 4 is 80.5 Å². The molecule has 27 heteroatoms. The molecule has 4 aliphatic heterocycles. The first-order valence-electron chi connectivity index (χ1n) is 36.6. The van der Waals surface area contributed by atoms with Crippen molar-refractivity contribution in [3.05, 3.63) is 232 Å². The van der Waals surface area contributed by atoms with Crippen LogP contribution in [0.15, 0.2) is 221 Å². The number of unbranched alkanes of at least 4 members (excludes halogenated alkanes) is 1. The molecule has 15 aromatic rings. The first kappa shape index (κ1) is 71.1. The Morgan fingerprint density at radius 3 is 1.19 bits per heavy atom. The van der Waals surface area contributed by atoms with E-state index in [1.54, 1.807) is 74.4 Å². The standard InChI is InChI=1S/C25H21N7.C20H23N7.C20H14N6.C19H21N7/c1-15-4-2-5-17-16(12-29-22(15)17)7-11-28-25-30-13-20-18-8-10-26-14-21(18)31-24-19(23(20)32-25)6-3-9-27-24;1-27(2)11-4-3-8-23-20-24-12-16-14-7-10-21-13-17(14)25-19-15(18(16)26-20)6-5-9-22-19;21-13-5-3-12(4-6-13)19-24-10-16-14-7-9-22-11-17(14)25-20-15(18(16)26-19)2-1-8-23-20;1-26(2)10-4-8-22-19-23-11-15-13-6-9-20-12-16(13)24-18-14(17(15)25-19)5-3-7-21-18/h2-6,8-10,12-14,29H,7,11H2,1H3,(H,27,31)(H,28,30,32);5-7,9-10,12-13H,3-4,8,11H2,1-2H3,(H,22,25)(H,23,24,26);1-11H,21H2,(H,23,25);3,5-7,9,11-12H,4,8,10H2,1-2H3,(H,21,24)(H,22,23,25). The van der Waals surface area contributed by atoms with Crippen molar-refractivity contribution in [2.24, 2.45) is 0 Å². The number of aryl methyl sites for hydroxylation is 1. The van der Waals surface area contributed by atoms with Gasteiger partial charge in [-0.05, 0) is 182 Å². The van der Waals surface area contributed by atoms with E-state index in [9.17, 15) is 0 Å². The number of anilines is 12. The molecule has 2 aromatic carbocycles. The van der Waals surface area contributed by atoms with Crippen molar-refractivity contribution in [3.63, 3.8) is 0 Å². The third kappa shape index (κ3) is 15.7. The van der Waals surface area contributed by atoms with Gasteiger partial charge < -0.3 is 57.7 Å². The lowest BCUT2D eigenvalue weighted by Gasteiger charge is -2.12. The van der Waals surface area contributed by atoms with Gasteiger partial charge in [-0.3, -0.25) is 19.9 Å². The van der Waals surface area contributed by atoms with Crippen LogP contribution in [0.5, 0.6) is 0 Å². The summed E-state index contributed by atoms with van der Waals surface area (Å²) in [5.74, 6) is 5.60. The summed E-state index contributed by atoms with van der Waals surface area (Å²) in [5.41, 5.74) is 29.9. The Morgan fingerprint density at radius 2 is 0.757 bits per heavy atom. The highest BCUT2D eigenvalue weighted by atomic mass is 15.1. The third-order valence-corrected chi connectivity index (χ3v) is 19.1. The molecule has 0 saturated heterocycles. The predicted molar refractivity (Wildman–Crippen MR) is 440 cm³/mol. The summed E-state index contributed by atoms with van der Waals surface area (Å²) in [6.07, 6.45) is 35.1. The summed E-state index contributed by atoms with van der Waals surface area (Å²) in [7, 11) is 8.33. The van der Waals surface area contributed by atoms with E-state index in [-0.39, 0.29) is 0 Å². The number of rotatable bonds is 16. The molecule has 10 N–H and O–H groups in total. The summed E-state index contributed by atoms with van der Waals surface area (Å²) in [5, 5.41) is 24.8. The SMILES string of the molecule is CN(C)CCCCNc1ncc2c(n1)-c1cccnc1Nc1cnccc1-2.CN(C)CCCNc1ncc2c(n1)-c1cccnc1Nc1cnccc1-2.Cc1cccc2c(CCNc3ncc4c(n3)-c3cccnc3Nc3cnccc3-4)c[nH]c12.Nc1ccc(-c2ncc3c(n2)-c2cccnc2Nc2cnccc2-3)cc1. The van der Waals surface area contributed by atoms with Crippen LogP contribution in [0.4, 0.5) is 69.6 Å². The smallest absolute Gasteiger partial charge is 0.223 e. The first-order valence-corrected chi connectivity index (χ1v) is 36.6. The van der Waals surface area contributed by atoms with Crippen molar-refractivity contribution < 1.29 is 0 Å². The van der Waals surface area contributed by atoms with Crippen LogP contribution in [-0.2, 0) is 6.42 Å². The highest BCUT2D eigenvalue weighted by molar-refractivity contribution is 5.99. The number of nitrogens with one attached hydrogen (secondary N) is 8. The fourth-order valence-electron chi connectivity index (χ4n) is 13.6. The molecule has 19 rings (SSSR count). The molecule has 13 aromatic heterocycles. The molecule has 0 aliphatic carbocycles. The van der Waals surface area contributed by atoms with Crippen molar-refractivity contribution in [1.82, 2.24) is 94.5 Å². The van der Waals surface area contributed by atoms with E-state index in [0.29, 0.717) is 29.4 Å². The maximum atomic E-state index is 5.79. The summed E-state index contributed by atoms with van der Waals surface area (Å²) < 4.78 is 0. The van der Waals surface area contributed by atoms with Crippen LogP contribution in [0.2, 0.25) is 0 Å². The molecule has 27 nitrogen and oxygen atoms in total. The molecular formula is C84H79N27. The van der Waals surface area contributed by atoms with Gasteiger partial charge >= 0.3 is 0 Å². The summed E-state index contributed by atoms with van der Waals surface area (Å²) in [4.78, 5) is 80.2. The van der Waals surface area contributed by atoms with Crippen LogP contribution in [0.25, 0.3) is 112 Å². The van der Waals surface area contributed by atoms with Crippen LogP contribution in [0, 0.1) is 6.92 Å². The van der Waals surface area contributed by atoms with Crippen molar-refractivity contribution in [1.29, 1.82) is 0 Å². The Morgan fingerprint density at radius 1 is 0.360 bits per heavy atom. The lowest BCUT2D eigenvalue weighted by atomic mass is 10.0. The highest BCUT2D eigenvalue weighted by Crippen LogP contribution is 2.47. The van der Waals surface area contributed by atoms with Gasteiger partial charge in [0.1, 0.15) is 23.3 Å². The summed E-state index contributed by atoms with van der Waals surface area (Å²) in [6, 6.07) is 37.6. The molecule has 17 heterocycles. The molecular weight excluding hydrogens is 1390 g/mol. The Hall–Kier alpha value is -14.2.